The lowest BCUT2D eigenvalue weighted by Gasteiger charge is -2.21. The highest BCUT2D eigenvalue weighted by Gasteiger charge is 2.41. The lowest BCUT2D eigenvalue weighted by molar-refractivity contribution is -0.167. The van der Waals surface area contributed by atoms with E-state index in [0.29, 0.717) is 12.2 Å². The highest BCUT2D eigenvalue weighted by atomic mass is 19.3. The molecule has 0 bridgehead atoms. The number of nitrogens with one attached hydrogen (secondary N) is 1. The van der Waals surface area contributed by atoms with Crippen LogP contribution in [-0.2, 0) is 4.74 Å². The van der Waals surface area contributed by atoms with E-state index in [2.05, 4.69) is 15.3 Å². The van der Waals surface area contributed by atoms with Gasteiger partial charge in [-0.05, 0) is 6.54 Å². The SMILES string of the molecule is CCNC(COCC(F)(F)C(F)F)c1nccnc1OC. The summed E-state index contributed by atoms with van der Waals surface area (Å²) in [5.74, 6) is -3.96. The molecule has 120 valence electrons. The Kier molecular flexibility index (Phi) is 6.76. The quantitative estimate of drug-likeness (QED) is 0.707. The van der Waals surface area contributed by atoms with Crippen LogP contribution in [0, 0.1) is 0 Å². The maximum atomic E-state index is 12.8. The second-order valence-electron chi connectivity index (χ2n) is 4.14. The van der Waals surface area contributed by atoms with Crippen LogP contribution in [0.5, 0.6) is 5.88 Å². The molecular formula is C12H17F4N3O2. The van der Waals surface area contributed by atoms with Gasteiger partial charge in [0.2, 0.25) is 5.88 Å². The van der Waals surface area contributed by atoms with E-state index < -0.39 is 25.0 Å². The Balaban J connectivity index is 2.70. The van der Waals surface area contributed by atoms with Crippen LogP contribution in [0.2, 0.25) is 0 Å². The first-order valence-electron chi connectivity index (χ1n) is 6.24. The monoisotopic (exact) mass is 311 g/mol. The van der Waals surface area contributed by atoms with Crippen molar-refractivity contribution in [3.8, 4) is 5.88 Å². The second-order valence-corrected chi connectivity index (χ2v) is 4.14. The summed E-state index contributed by atoms with van der Waals surface area (Å²) in [6.45, 7) is 0.670. The van der Waals surface area contributed by atoms with Crippen molar-refractivity contribution in [3.05, 3.63) is 18.1 Å². The summed E-state index contributed by atoms with van der Waals surface area (Å²) in [7, 11) is 1.39. The van der Waals surface area contributed by atoms with Gasteiger partial charge < -0.3 is 14.8 Å². The molecule has 5 nitrogen and oxygen atoms in total. The van der Waals surface area contributed by atoms with Crippen molar-refractivity contribution >= 4 is 0 Å². The fraction of sp³-hybridized carbons (Fsp3) is 0.667. The summed E-state index contributed by atoms with van der Waals surface area (Å²) < 4.78 is 59.4. The zero-order chi connectivity index (χ0) is 15.9. The van der Waals surface area contributed by atoms with Gasteiger partial charge in [-0.2, -0.15) is 8.78 Å². The van der Waals surface area contributed by atoms with Crippen LogP contribution in [0.3, 0.4) is 0 Å². The Hall–Kier alpha value is -1.48. The molecule has 0 saturated carbocycles. The Morgan fingerprint density at radius 1 is 1.29 bits per heavy atom. The van der Waals surface area contributed by atoms with Gasteiger partial charge in [0.05, 0.1) is 19.8 Å². The maximum Gasteiger partial charge on any atom is 0.330 e. The van der Waals surface area contributed by atoms with E-state index in [1.807, 2.05) is 0 Å². The molecule has 0 fully saturated rings. The molecule has 1 aromatic rings. The molecular weight excluding hydrogens is 294 g/mol. The van der Waals surface area contributed by atoms with Crippen molar-refractivity contribution in [2.24, 2.45) is 0 Å². The van der Waals surface area contributed by atoms with Gasteiger partial charge in [0.1, 0.15) is 12.3 Å². The molecule has 1 heterocycles. The second kappa shape index (κ2) is 8.08. The Morgan fingerprint density at radius 3 is 2.52 bits per heavy atom. The van der Waals surface area contributed by atoms with Crippen LogP contribution in [0.4, 0.5) is 17.6 Å². The number of alkyl halides is 4. The van der Waals surface area contributed by atoms with Crippen LogP contribution in [0.25, 0.3) is 0 Å². The number of likely N-dealkylation sites (N-methyl/N-ethyl adjacent to an activating group) is 1. The van der Waals surface area contributed by atoms with Gasteiger partial charge in [-0.25, -0.2) is 13.8 Å². The number of rotatable bonds is 9. The molecule has 0 saturated heterocycles. The first-order valence-corrected chi connectivity index (χ1v) is 6.24. The highest BCUT2D eigenvalue weighted by molar-refractivity contribution is 5.21. The Bertz CT molecular complexity index is 435. The third-order valence-electron chi connectivity index (χ3n) is 2.56. The van der Waals surface area contributed by atoms with Gasteiger partial charge in [-0.3, -0.25) is 4.98 Å². The van der Waals surface area contributed by atoms with Crippen molar-refractivity contribution in [2.75, 3.05) is 26.9 Å². The van der Waals surface area contributed by atoms with Crippen molar-refractivity contribution in [2.45, 2.75) is 25.3 Å². The molecule has 1 rings (SSSR count). The molecule has 0 amide bonds. The summed E-state index contributed by atoms with van der Waals surface area (Å²) in [5.41, 5.74) is 0.363. The molecule has 0 aliphatic carbocycles. The van der Waals surface area contributed by atoms with Crippen LogP contribution < -0.4 is 10.1 Å². The normalized spacial score (nSPS) is 13.5. The lowest BCUT2D eigenvalue weighted by atomic mass is 10.2. The van der Waals surface area contributed by atoms with Gasteiger partial charge in [-0.15, -0.1) is 0 Å². The predicted octanol–water partition coefficient (Wildman–Crippen LogP) is 2.05. The summed E-state index contributed by atoms with van der Waals surface area (Å²) in [6, 6.07) is -0.591. The number of aromatic nitrogens is 2. The number of nitrogens with zero attached hydrogens (tertiary/aromatic N) is 2. The fourth-order valence-electron chi connectivity index (χ4n) is 1.59. The molecule has 1 N–H and O–H groups in total. The zero-order valence-electron chi connectivity index (χ0n) is 11.7. The Labute approximate surface area is 119 Å². The van der Waals surface area contributed by atoms with Crippen LogP contribution in [0.15, 0.2) is 12.4 Å². The molecule has 1 atom stereocenters. The highest BCUT2D eigenvalue weighted by Crippen LogP contribution is 2.24. The number of methoxy groups -OCH3 is 1. The molecule has 0 spiro atoms. The molecule has 0 aromatic carbocycles. The van der Waals surface area contributed by atoms with Crippen molar-refractivity contribution in [1.29, 1.82) is 0 Å². The molecule has 0 radical (unpaired) electrons. The first kappa shape index (κ1) is 17.6. The van der Waals surface area contributed by atoms with E-state index in [0.717, 1.165) is 0 Å². The number of hydrogen-bond donors (Lipinski definition) is 1. The minimum atomic E-state index is -4.18. The van der Waals surface area contributed by atoms with Crippen LogP contribution in [-0.4, -0.2) is 49.2 Å². The van der Waals surface area contributed by atoms with Gasteiger partial charge >= 0.3 is 12.3 Å². The van der Waals surface area contributed by atoms with E-state index in [1.54, 1.807) is 6.92 Å². The van der Waals surface area contributed by atoms with Gasteiger partial charge in [0.25, 0.3) is 0 Å². The van der Waals surface area contributed by atoms with Crippen LogP contribution in [0.1, 0.15) is 18.7 Å². The van der Waals surface area contributed by atoms with E-state index >= 15 is 0 Å². The van der Waals surface area contributed by atoms with Gasteiger partial charge in [-0.1, -0.05) is 6.92 Å². The van der Waals surface area contributed by atoms with Crippen molar-refractivity contribution in [1.82, 2.24) is 15.3 Å². The molecule has 0 aliphatic heterocycles. The average Bonchev–Trinajstić information content (AvgIpc) is 2.46. The summed E-state index contributed by atoms with van der Waals surface area (Å²) in [4.78, 5) is 7.99. The third kappa shape index (κ3) is 5.09. The average molecular weight is 311 g/mol. The first-order chi connectivity index (χ1) is 9.92. The fourth-order valence-corrected chi connectivity index (χ4v) is 1.59. The standard InChI is InChI=1S/C12H17F4N3O2/c1-3-17-8(6-21-7-12(15,16)11(13)14)9-10(20-2)19-5-4-18-9/h4-5,8,11,17H,3,6-7H2,1-2H3. The number of hydrogen-bond acceptors (Lipinski definition) is 5. The van der Waals surface area contributed by atoms with E-state index in [1.165, 1.54) is 19.5 Å². The predicted molar refractivity (Wildman–Crippen MR) is 66.8 cm³/mol. The number of halogens is 4. The van der Waals surface area contributed by atoms with Crippen LogP contribution >= 0.6 is 0 Å². The molecule has 1 unspecified atom stereocenters. The van der Waals surface area contributed by atoms with E-state index in [4.69, 9.17) is 9.47 Å². The summed E-state index contributed by atoms with van der Waals surface area (Å²) >= 11 is 0. The maximum absolute atomic E-state index is 12.8. The summed E-state index contributed by atoms with van der Waals surface area (Å²) in [6.07, 6.45) is -0.936. The zero-order valence-corrected chi connectivity index (χ0v) is 11.7. The number of ether oxygens (including phenoxy) is 2. The molecule has 21 heavy (non-hydrogen) atoms. The topological polar surface area (TPSA) is 56.3 Å². The molecule has 0 aliphatic rings. The molecule has 1 aromatic heterocycles. The Morgan fingerprint density at radius 2 is 1.95 bits per heavy atom. The van der Waals surface area contributed by atoms with E-state index in [-0.39, 0.29) is 12.5 Å². The molecule has 9 heteroatoms. The summed E-state index contributed by atoms with van der Waals surface area (Å²) in [5, 5.41) is 2.95. The van der Waals surface area contributed by atoms with Gasteiger partial charge in [0.15, 0.2) is 0 Å². The van der Waals surface area contributed by atoms with Crippen molar-refractivity contribution in [3.63, 3.8) is 0 Å². The lowest BCUT2D eigenvalue weighted by Crippen LogP contribution is -2.35. The smallest absolute Gasteiger partial charge is 0.330 e. The third-order valence-corrected chi connectivity index (χ3v) is 2.56. The van der Waals surface area contributed by atoms with Gasteiger partial charge in [0, 0.05) is 12.4 Å². The van der Waals surface area contributed by atoms with Crippen molar-refractivity contribution < 1.29 is 27.0 Å². The minimum absolute atomic E-state index is 0.215. The minimum Gasteiger partial charge on any atom is -0.480 e. The van der Waals surface area contributed by atoms with E-state index in [9.17, 15) is 17.6 Å². The largest absolute Gasteiger partial charge is 0.480 e.